The quantitative estimate of drug-likeness (QED) is 0.145. The molecule has 8 N–H and O–H groups in total. The SMILES string of the molecule is NCCNCC(=O)OP(=O)(O)O.O=P(O)(O)O.[H-].[Na+]. The van der Waals surface area contributed by atoms with Crippen LogP contribution in [-0.2, 0) is 18.4 Å². The normalized spacial score (nSPS) is 10.8. The first-order chi connectivity index (χ1) is 7.45. The molecule has 0 bridgehead atoms. The molecule has 0 saturated carbocycles. The summed E-state index contributed by atoms with van der Waals surface area (Å²) in [6.07, 6.45) is 0. The van der Waals surface area contributed by atoms with Crippen LogP contribution in [0.3, 0.4) is 0 Å². The summed E-state index contributed by atoms with van der Waals surface area (Å²) < 4.78 is 22.7. The Hall–Kier alpha value is 0.650. The van der Waals surface area contributed by atoms with E-state index in [1.807, 2.05) is 0 Å². The summed E-state index contributed by atoms with van der Waals surface area (Å²) in [5.41, 5.74) is 5.07. The van der Waals surface area contributed by atoms with Gasteiger partial charge < -0.3 is 31.7 Å². The van der Waals surface area contributed by atoms with Gasteiger partial charge in [0.1, 0.15) is 0 Å². The monoisotopic (exact) mass is 320 g/mol. The van der Waals surface area contributed by atoms with Gasteiger partial charge in [-0.05, 0) is 0 Å². The van der Waals surface area contributed by atoms with Gasteiger partial charge in [-0.15, -0.1) is 0 Å². The standard InChI is InChI=1S/C4H11N2O5P.Na.H3O4P.H/c5-1-2-6-3-4(7)11-12(8,9)10;;1-5(2,3)4;/h6H,1-3,5H2,(H2,8,9,10);;(H3,1,2,3,4);/q;+1;;-1. The zero-order chi connectivity index (χ0) is 14.1. The van der Waals surface area contributed by atoms with Crippen LogP contribution in [-0.4, -0.2) is 50.1 Å². The molecule has 0 aliphatic heterocycles. The maximum absolute atomic E-state index is 10.5. The van der Waals surface area contributed by atoms with Gasteiger partial charge in [0.05, 0.1) is 6.54 Å². The minimum absolute atomic E-state index is 0. The van der Waals surface area contributed by atoms with Crippen LogP contribution in [0.1, 0.15) is 1.43 Å². The molecule has 11 nitrogen and oxygen atoms in total. The molecule has 14 heteroatoms. The number of carbonyl (C=O) groups excluding carboxylic acids is 1. The summed E-state index contributed by atoms with van der Waals surface area (Å²) >= 11 is 0. The van der Waals surface area contributed by atoms with Gasteiger partial charge >= 0.3 is 51.2 Å². The number of carbonyl (C=O) groups is 1. The summed E-state index contributed by atoms with van der Waals surface area (Å²) in [5, 5.41) is 2.51. The van der Waals surface area contributed by atoms with E-state index in [2.05, 4.69) is 9.84 Å². The molecular weight excluding hydrogens is 305 g/mol. The predicted molar refractivity (Wildman–Crippen MR) is 55.4 cm³/mol. The van der Waals surface area contributed by atoms with E-state index in [1.165, 1.54) is 0 Å². The van der Waals surface area contributed by atoms with E-state index in [9.17, 15) is 9.36 Å². The van der Waals surface area contributed by atoms with Crippen LogP contribution in [0, 0.1) is 0 Å². The van der Waals surface area contributed by atoms with Crippen molar-refractivity contribution in [3.8, 4) is 0 Å². The van der Waals surface area contributed by atoms with Crippen molar-refractivity contribution < 1.29 is 73.9 Å². The first kappa shape index (κ1) is 23.7. The van der Waals surface area contributed by atoms with Crippen molar-refractivity contribution >= 4 is 21.6 Å². The summed E-state index contributed by atoms with van der Waals surface area (Å²) in [7, 11) is -9.33. The number of nitrogens with one attached hydrogen (secondary N) is 1. The second kappa shape index (κ2) is 11.5. The first-order valence-corrected chi connectivity index (χ1v) is 7.02. The Morgan fingerprint density at radius 2 is 1.61 bits per heavy atom. The van der Waals surface area contributed by atoms with Crippen molar-refractivity contribution in [1.82, 2.24) is 5.32 Å². The summed E-state index contributed by atoms with van der Waals surface area (Å²) in [5.74, 6) is -1.00. The zero-order valence-electron chi connectivity index (χ0n) is 10.5. The Bertz CT molecular complexity index is 311. The fourth-order valence-electron chi connectivity index (χ4n) is 0.457. The van der Waals surface area contributed by atoms with Crippen molar-refractivity contribution in [2.75, 3.05) is 19.6 Å². The molecule has 0 amide bonds. The van der Waals surface area contributed by atoms with Crippen LogP contribution in [0.4, 0.5) is 0 Å². The van der Waals surface area contributed by atoms with Crippen molar-refractivity contribution in [3.05, 3.63) is 0 Å². The fourth-order valence-corrected chi connectivity index (χ4v) is 0.787. The molecule has 0 aromatic heterocycles. The molecule has 0 heterocycles. The maximum atomic E-state index is 10.5. The summed E-state index contributed by atoms with van der Waals surface area (Å²) in [4.78, 5) is 48.4. The molecule has 0 spiro atoms. The van der Waals surface area contributed by atoms with Gasteiger partial charge in [-0.3, -0.25) is 14.6 Å². The second-order valence-electron chi connectivity index (χ2n) is 2.43. The minimum atomic E-state index is -4.69. The molecule has 0 aromatic carbocycles. The third kappa shape index (κ3) is 36.0. The zero-order valence-corrected chi connectivity index (χ0v) is 13.3. The van der Waals surface area contributed by atoms with Crippen molar-refractivity contribution in [2.45, 2.75) is 0 Å². The Morgan fingerprint density at radius 3 is 1.89 bits per heavy atom. The molecule has 0 fully saturated rings. The number of nitrogens with two attached hydrogens (primary N) is 1. The Morgan fingerprint density at radius 1 is 1.22 bits per heavy atom. The van der Waals surface area contributed by atoms with Gasteiger partial charge in [-0.1, -0.05) is 0 Å². The van der Waals surface area contributed by atoms with E-state index in [1.54, 1.807) is 0 Å². The Balaban J connectivity index is -0.000000139. The topological polar surface area (TPSA) is 200 Å². The molecule has 0 aromatic rings. The summed E-state index contributed by atoms with van der Waals surface area (Å²) in [6, 6.07) is 0. The number of hydrogen-bond donors (Lipinski definition) is 7. The first-order valence-electron chi connectivity index (χ1n) is 3.92. The molecule has 0 saturated heterocycles. The van der Waals surface area contributed by atoms with Crippen molar-refractivity contribution in [3.63, 3.8) is 0 Å². The third-order valence-electron chi connectivity index (χ3n) is 0.811. The van der Waals surface area contributed by atoms with E-state index >= 15 is 0 Å². The second-order valence-corrected chi connectivity index (χ2v) is 4.62. The minimum Gasteiger partial charge on any atom is -1.00 e. The van der Waals surface area contributed by atoms with Gasteiger partial charge in [-0.2, -0.15) is 0 Å². The van der Waals surface area contributed by atoms with Crippen molar-refractivity contribution in [2.24, 2.45) is 5.73 Å². The Labute approximate surface area is 126 Å². The van der Waals surface area contributed by atoms with Crippen LogP contribution in [0.15, 0.2) is 0 Å². The molecule has 0 aliphatic rings. The third-order valence-corrected chi connectivity index (χ3v) is 1.25. The van der Waals surface area contributed by atoms with E-state index in [0.717, 1.165) is 0 Å². The van der Waals surface area contributed by atoms with Crippen LogP contribution < -0.4 is 40.6 Å². The number of phosphoric ester groups is 1. The van der Waals surface area contributed by atoms with Gasteiger partial charge in [-0.25, -0.2) is 9.13 Å². The summed E-state index contributed by atoms with van der Waals surface area (Å²) in [6.45, 7) is 0.460. The molecule has 0 aliphatic carbocycles. The Kier molecular flexibility index (Phi) is 15.1. The van der Waals surface area contributed by atoms with Gasteiger partial charge in [0.2, 0.25) is 0 Å². The molecule has 0 atom stereocenters. The predicted octanol–water partition coefficient (Wildman–Crippen LogP) is -5.64. The van der Waals surface area contributed by atoms with Gasteiger partial charge in [0, 0.05) is 13.1 Å². The molecule has 106 valence electrons. The van der Waals surface area contributed by atoms with E-state index in [0.29, 0.717) is 13.1 Å². The maximum Gasteiger partial charge on any atom is 1.00 e. The molecule has 0 unspecified atom stereocenters. The number of phosphoric acid groups is 2. The molecule has 0 radical (unpaired) electrons. The average Bonchev–Trinajstić information content (AvgIpc) is 1.97. The van der Waals surface area contributed by atoms with Crippen LogP contribution in [0.5, 0.6) is 0 Å². The molecule has 0 rings (SSSR count). The van der Waals surface area contributed by atoms with Gasteiger partial charge in [0.25, 0.3) is 0 Å². The van der Waals surface area contributed by atoms with E-state index in [4.69, 9.17) is 34.8 Å². The average molecular weight is 320 g/mol. The van der Waals surface area contributed by atoms with E-state index < -0.39 is 21.6 Å². The van der Waals surface area contributed by atoms with Crippen molar-refractivity contribution in [1.29, 1.82) is 0 Å². The number of rotatable bonds is 5. The molecular formula is C4H15N2NaO9P2. The van der Waals surface area contributed by atoms with Crippen LogP contribution in [0.2, 0.25) is 0 Å². The molecule has 18 heavy (non-hydrogen) atoms. The van der Waals surface area contributed by atoms with E-state index in [-0.39, 0.29) is 37.5 Å². The smallest absolute Gasteiger partial charge is 1.00 e. The fraction of sp³-hybridized carbons (Fsp3) is 0.750. The van der Waals surface area contributed by atoms with Gasteiger partial charge in [0.15, 0.2) is 0 Å². The van der Waals surface area contributed by atoms with Crippen LogP contribution in [0.25, 0.3) is 0 Å². The van der Waals surface area contributed by atoms with Crippen LogP contribution >= 0.6 is 15.6 Å². The largest absolute Gasteiger partial charge is 1.00 e. The number of hydrogen-bond acceptors (Lipinski definition) is 6.